The second-order valence-corrected chi connectivity index (χ2v) is 8.34. The predicted octanol–water partition coefficient (Wildman–Crippen LogP) is 3.68. The predicted molar refractivity (Wildman–Crippen MR) is 130 cm³/mol. The molecule has 170 valence electrons. The first-order chi connectivity index (χ1) is 16.1. The molecule has 2 aromatic heterocycles. The quantitative estimate of drug-likeness (QED) is 0.458. The van der Waals surface area contributed by atoms with Crippen LogP contribution in [0.5, 0.6) is 11.5 Å². The first-order valence-corrected chi connectivity index (χ1v) is 11.1. The van der Waals surface area contributed by atoms with Gasteiger partial charge in [-0.3, -0.25) is 9.69 Å². The van der Waals surface area contributed by atoms with Crippen molar-refractivity contribution >= 4 is 28.2 Å². The van der Waals surface area contributed by atoms with Gasteiger partial charge in [0.2, 0.25) is 0 Å². The summed E-state index contributed by atoms with van der Waals surface area (Å²) in [5.74, 6) is 2.09. The highest BCUT2D eigenvalue weighted by molar-refractivity contribution is 6.05. The molecule has 1 fully saturated rings. The fraction of sp³-hybridized carbons (Fsp3) is 0.320. The number of aryl methyl sites for hydroxylation is 1. The minimum Gasteiger partial charge on any atom is -0.497 e. The van der Waals surface area contributed by atoms with E-state index < -0.39 is 0 Å². The Hall–Kier alpha value is -3.65. The van der Waals surface area contributed by atoms with Gasteiger partial charge >= 0.3 is 0 Å². The molecule has 8 heteroatoms. The maximum atomic E-state index is 13.2. The Kier molecular flexibility index (Phi) is 5.60. The molecular weight excluding hydrogens is 418 g/mol. The van der Waals surface area contributed by atoms with Crippen molar-refractivity contribution < 1.29 is 9.47 Å². The number of H-pyrrole nitrogens is 1. The summed E-state index contributed by atoms with van der Waals surface area (Å²) >= 11 is 0. The molecule has 0 amide bonds. The fourth-order valence-electron chi connectivity index (χ4n) is 4.46. The van der Waals surface area contributed by atoms with Crippen LogP contribution in [0.4, 0.5) is 0 Å². The molecule has 5 rings (SSSR count). The van der Waals surface area contributed by atoms with E-state index in [-0.39, 0.29) is 5.56 Å². The molecule has 2 aromatic carbocycles. The molecule has 3 heterocycles. The van der Waals surface area contributed by atoms with Gasteiger partial charge < -0.3 is 14.5 Å². The summed E-state index contributed by atoms with van der Waals surface area (Å²) in [7, 11) is 3.31. The number of hydrogen-bond acceptors (Lipinski definition) is 6. The molecule has 0 spiro atoms. The van der Waals surface area contributed by atoms with Crippen LogP contribution in [0, 0.1) is 6.92 Å². The van der Waals surface area contributed by atoms with Crippen molar-refractivity contribution in [1.82, 2.24) is 19.5 Å². The third-order valence-corrected chi connectivity index (χ3v) is 6.18. The lowest BCUT2D eigenvalue weighted by Crippen LogP contribution is -2.20. The van der Waals surface area contributed by atoms with Gasteiger partial charge in [0.25, 0.3) is 5.56 Å². The zero-order chi connectivity index (χ0) is 22.9. The smallest absolute Gasteiger partial charge is 0.298 e. The van der Waals surface area contributed by atoms with Crippen molar-refractivity contribution in [2.45, 2.75) is 26.3 Å². The summed E-state index contributed by atoms with van der Waals surface area (Å²) < 4.78 is 12.2. The summed E-state index contributed by atoms with van der Waals surface area (Å²) in [6, 6.07) is 11.6. The number of methoxy groups -OCH3 is 2. The standard InChI is InChI=1S/C25H27N5O3/c1-16-27-23-20-13-19(32-2)7-8-21(20)28-24(23)25(31)30(16)26-14-17-6-9-22(33-3)18(12-17)15-29-10-4-5-11-29/h6-9,12-14,28H,4-5,10-11,15H2,1-3H3/b26-14-. The van der Waals surface area contributed by atoms with Gasteiger partial charge in [0, 0.05) is 23.0 Å². The van der Waals surface area contributed by atoms with Crippen molar-refractivity contribution in [2.24, 2.45) is 5.10 Å². The normalized spacial score (nSPS) is 14.6. The van der Waals surface area contributed by atoms with Crippen LogP contribution < -0.4 is 15.0 Å². The Labute approximate surface area is 191 Å². The monoisotopic (exact) mass is 445 g/mol. The Bertz CT molecular complexity index is 1410. The molecule has 33 heavy (non-hydrogen) atoms. The average molecular weight is 446 g/mol. The molecule has 0 aliphatic carbocycles. The minimum atomic E-state index is -0.241. The largest absolute Gasteiger partial charge is 0.497 e. The maximum absolute atomic E-state index is 13.2. The number of aromatic nitrogens is 3. The highest BCUT2D eigenvalue weighted by Crippen LogP contribution is 2.26. The summed E-state index contributed by atoms with van der Waals surface area (Å²) in [4.78, 5) is 23.5. The molecule has 1 saturated heterocycles. The number of hydrogen-bond donors (Lipinski definition) is 1. The molecule has 8 nitrogen and oxygen atoms in total. The summed E-state index contributed by atoms with van der Waals surface area (Å²) in [6.07, 6.45) is 4.17. The fourth-order valence-corrected chi connectivity index (χ4v) is 4.46. The van der Waals surface area contributed by atoms with Gasteiger partial charge in [-0.1, -0.05) is 0 Å². The van der Waals surface area contributed by atoms with Crippen LogP contribution in [0.25, 0.3) is 21.9 Å². The molecule has 0 bridgehead atoms. The number of fused-ring (bicyclic) bond motifs is 3. The molecular formula is C25H27N5O3. The van der Waals surface area contributed by atoms with Crippen LogP contribution >= 0.6 is 0 Å². The van der Waals surface area contributed by atoms with E-state index in [9.17, 15) is 4.79 Å². The molecule has 0 saturated carbocycles. The van der Waals surface area contributed by atoms with Gasteiger partial charge in [0.15, 0.2) is 0 Å². The molecule has 4 aromatic rings. The minimum absolute atomic E-state index is 0.241. The van der Waals surface area contributed by atoms with E-state index in [2.05, 4.69) is 26.0 Å². The van der Waals surface area contributed by atoms with Crippen molar-refractivity contribution in [2.75, 3.05) is 27.3 Å². The van der Waals surface area contributed by atoms with Crippen LogP contribution in [0.3, 0.4) is 0 Å². The SMILES string of the molecule is COc1ccc2[nH]c3c(=O)n(/N=C\c4ccc(OC)c(CN5CCCC5)c4)c(C)nc3c2c1. The van der Waals surface area contributed by atoms with Gasteiger partial charge in [0.05, 0.1) is 20.4 Å². The van der Waals surface area contributed by atoms with Crippen molar-refractivity contribution in [1.29, 1.82) is 0 Å². The third-order valence-electron chi connectivity index (χ3n) is 6.18. The lowest BCUT2D eigenvalue weighted by Gasteiger charge is -2.17. The number of likely N-dealkylation sites (tertiary alicyclic amines) is 1. The van der Waals surface area contributed by atoms with Crippen LogP contribution in [-0.2, 0) is 6.54 Å². The summed E-state index contributed by atoms with van der Waals surface area (Å²) in [5.41, 5.74) is 3.65. The van der Waals surface area contributed by atoms with Crippen molar-refractivity contribution in [3.8, 4) is 11.5 Å². The highest BCUT2D eigenvalue weighted by Gasteiger charge is 2.16. The van der Waals surface area contributed by atoms with Crippen LogP contribution in [0.2, 0.25) is 0 Å². The van der Waals surface area contributed by atoms with E-state index in [1.807, 2.05) is 30.3 Å². The number of aromatic amines is 1. The van der Waals surface area contributed by atoms with E-state index in [1.165, 1.54) is 17.5 Å². The number of nitrogens with zero attached hydrogens (tertiary/aromatic N) is 4. The van der Waals surface area contributed by atoms with Crippen LogP contribution in [0.15, 0.2) is 46.3 Å². The van der Waals surface area contributed by atoms with Crippen LogP contribution in [-0.4, -0.2) is 53.1 Å². The van der Waals surface area contributed by atoms with Gasteiger partial charge in [-0.2, -0.15) is 9.78 Å². The number of benzene rings is 2. The molecule has 0 unspecified atom stereocenters. The van der Waals surface area contributed by atoms with Crippen molar-refractivity contribution in [3.63, 3.8) is 0 Å². The summed E-state index contributed by atoms with van der Waals surface area (Å²) in [6.45, 7) is 4.84. The lowest BCUT2D eigenvalue weighted by molar-refractivity contribution is 0.321. The first kappa shape index (κ1) is 21.2. The zero-order valence-electron chi connectivity index (χ0n) is 19.1. The Morgan fingerprint density at radius 3 is 2.70 bits per heavy atom. The second-order valence-electron chi connectivity index (χ2n) is 8.34. The van der Waals surface area contributed by atoms with E-state index in [0.717, 1.165) is 47.4 Å². The summed E-state index contributed by atoms with van der Waals surface area (Å²) in [5, 5.41) is 5.32. The topological polar surface area (TPSA) is 84.7 Å². The molecule has 1 N–H and O–H groups in total. The third kappa shape index (κ3) is 3.98. The van der Waals surface area contributed by atoms with Gasteiger partial charge in [-0.15, -0.1) is 0 Å². The van der Waals surface area contributed by atoms with Crippen LogP contribution in [0.1, 0.15) is 29.8 Å². The Morgan fingerprint density at radius 2 is 1.94 bits per heavy atom. The Morgan fingerprint density at radius 1 is 1.12 bits per heavy atom. The van der Waals surface area contributed by atoms with E-state index in [1.54, 1.807) is 27.4 Å². The zero-order valence-corrected chi connectivity index (χ0v) is 19.1. The second kappa shape index (κ2) is 8.71. The van der Waals surface area contributed by atoms with Crippen molar-refractivity contribution in [3.05, 3.63) is 63.7 Å². The first-order valence-electron chi connectivity index (χ1n) is 11.1. The molecule has 1 aliphatic heterocycles. The lowest BCUT2D eigenvalue weighted by atomic mass is 10.1. The van der Waals surface area contributed by atoms with E-state index in [4.69, 9.17) is 9.47 Å². The molecule has 0 atom stereocenters. The number of rotatable bonds is 6. The molecule has 1 aliphatic rings. The average Bonchev–Trinajstić information content (AvgIpc) is 3.46. The Balaban J connectivity index is 1.51. The molecule has 0 radical (unpaired) electrons. The number of nitrogens with one attached hydrogen (secondary N) is 1. The maximum Gasteiger partial charge on any atom is 0.298 e. The number of ether oxygens (including phenoxy) is 2. The van der Waals surface area contributed by atoms with Gasteiger partial charge in [0.1, 0.15) is 28.4 Å². The van der Waals surface area contributed by atoms with E-state index >= 15 is 0 Å². The highest BCUT2D eigenvalue weighted by atomic mass is 16.5. The van der Waals surface area contributed by atoms with Gasteiger partial charge in [-0.05, 0) is 74.8 Å². The van der Waals surface area contributed by atoms with Gasteiger partial charge in [-0.25, -0.2) is 4.98 Å². The van der Waals surface area contributed by atoms with E-state index in [0.29, 0.717) is 22.6 Å².